The molecule has 0 aliphatic carbocycles. The molecule has 0 atom stereocenters. The number of carboxylic acids is 1. The highest BCUT2D eigenvalue weighted by atomic mass is 16.4. The van der Waals surface area contributed by atoms with E-state index in [1.54, 1.807) is 18.2 Å². The number of hydrogen-bond acceptors (Lipinski definition) is 4. The molecule has 146 valence electrons. The molecule has 2 aromatic carbocycles. The highest BCUT2D eigenvalue weighted by molar-refractivity contribution is 6.00. The van der Waals surface area contributed by atoms with Crippen molar-refractivity contribution in [1.82, 2.24) is 5.32 Å². The van der Waals surface area contributed by atoms with Gasteiger partial charge in [-0.05, 0) is 55.3 Å². The Balaban J connectivity index is 1.85. The fraction of sp³-hybridized carbons (Fsp3) is 0.238. The van der Waals surface area contributed by atoms with Crippen LogP contribution in [0.1, 0.15) is 44.7 Å². The first-order valence-corrected chi connectivity index (χ1v) is 8.76. The zero-order valence-electron chi connectivity index (χ0n) is 15.7. The van der Waals surface area contributed by atoms with Crippen molar-refractivity contribution < 1.29 is 24.3 Å². The second-order valence-corrected chi connectivity index (χ2v) is 6.42. The van der Waals surface area contributed by atoms with E-state index in [9.17, 15) is 19.2 Å². The molecule has 0 unspecified atom stereocenters. The van der Waals surface area contributed by atoms with Gasteiger partial charge in [0.05, 0.1) is 0 Å². The lowest BCUT2D eigenvalue weighted by Gasteiger charge is -2.07. The molecule has 2 rings (SSSR count). The number of ketones is 1. The molecule has 7 nitrogen and oxygen atoms in total. The van der Waals surface area contributed by atoms with E-state index in [-0.39, 0.29) is 30.1 Å². The van der Waals surface area contributed by atoms with Crippen LogP contribution in [-0.4, -0.2) is 35.2 Å². The average Bonchev–Trinajstić information content (AvgIpc) is 2.67. The van der Waals surface area contributed by atoms with Crippen molar-refractivity contribution in [2.24, 2.45) is 0 Å². The lowest BCUT2D eigenvalue weighted by Crippen LogP contribution is -2.29. The summed E-state index contributed by atoms with van der Waals surface area (Å²) in [5.74, 6) is -2.05. The largest absolute Gasteiger partial charge is 0.480 e. The third kappa shape index (κ3) is 6.05. The van der Waals surface area contributed by atoms with E-state index in [1.165, 1.54) is 12.1 Å². The van der Waals surface area contributed by atoms with E-state index in [1.807, 2.05) is 26.0 Å². The van der Waals surface area contributed by atoms with Crippen molar-refractivity contribution in [3.05, 3.63) is 64.7 Å². The number of benzene rings is 2. The summed E-state index contributed by atoms with van der Waals surface area (Å²) in [7, 11) is 0. The summed E-state index contributed by atoms with van der Waals surface area (Å²) in [6.07, 6.45) is 0.149. The quantitative estimate of drug-likeness (QED) is 0.608. The predicted molar refractivity (Wildman–Crippen MR) is 105 cm³/mol. The lowest BCUT2D eigenvalue weighted by molar-refractivity contribution is -0.135. The van der Waals surface area contributed by atoms with Crippen LogP contribution in [0.4, 0.5) is 5.69 Å². The smallest absolute Gasteiger partial charge is 0.322 e. The Morgan fingerprint density at radius 3 is 2.11 bits per heavy atom. The fourth-order valence-electron chi connectivity index (χ4n) is 2.47. The number of Topliss-reactive ketones (excluding diaryl/α,β-unsaturated/α-hetero) is 1. The van der Waals surface area contributed by atoms with E-state index in [4.69, 9.17) is 5.11 Å². The Bertz CT molecular complexity index is 904. The maximum Gasteiger partial charge on any atom is 0.322 e. The van der Waals surface area contributed by atoms with Crippen LogP contribution in [0.25, 0.3) is 0 Å². The molecular weight excluding hydrogens is 360 g/mol. The molecule has 0 heterocycles. The van der Waals surface area contributed by atoms with Gasteiger partial charge in [0.1, 0.15) is 6.54 Å². The van der Waals surface area contributed by atoms with Gasteiger partial charge in [-0.15, -0.1) is 0 Å². The molecule has 0 spiro atoms. The van der Waals surface area contributed by atoms with Crippen LogP contribution in [-0.2, 0) is 9.59 Å². The molecule has 3 N–H and O–H groups in total. The molecule has 0 radical (unpaired) electrons. The van der Waals surface area contributed by atoms with Crippen LogP contribution < -0.4 is 10.6 Å². The number of aliphatic carboxylic acids is 1. The summed E-state index contributed by atoms with van der Waals surface area (Å²) in [4.78, 5) is 46.5. The Morgan fingerprint density at radius 2 is 1.50 bits per heavy atom. The van der Waals surface area contributed by atoms with Crippen molar-refractivity contribution >= 4 is 29.3 Å². The van der Waals surface area contributed by atoms with Gasteiger partial charge in [-0.25, -0.2) is 0 Å². The van der Waals surface area contributed by atoms with E-state index in [2.05, 4.69) is 10.6 Å². The van der Waals surface area contributed by atoms with E-state index in [0.29, 0.717) is 11.3 Å². The molecule has 28 heavy (non-hydrogen) atoms. The number of amides is 2. The van der Waals surface area contributed by atoms with Gasteiger partial charge in [-0.2, -0.15) is 0 Å². The van der Waals surface area contributed by atoms with Crippen molar-refractivity contribution in [2.75, 3.05) is 11.9 Å². The minimum atomic E-state index is -1.13. The summed E-state index contributed by atoms with van der Waals surface area (Å²) >= 11 is 0. The van der Waals surface area contributed by atoms with Crippen LogP contribution in [0.3, 0.4) is 0 Å². The fourth-order valence-corrected chi connectivity index (χ4v) is 2.47. The number of rotatable bonds is 8. The number of anilines is 1. The summed E-state index contributed by atoms with van der Waals surface area (Å²) in [6.45, 7) is 3.44. The minimum absolute atomic E-state index is 0.0482. The third-order valence-corrected chi connectivity index (χ3v) is 4.24. The third-order valence-electron chi connectivity index (χ3n) is 4.24. The number of carboxylic acid groups (broad SMARTS) is 1. The molecule has 7 heteroatoms. The maximum atomic E-state index is 12.2. The van der Waals surface area contributed by atoms with E-state index < -0.39 is 18.4 Å². The van der Waals surface area contributed by atoms with Gasteiger partial charge in [0, 0.05) is 29.7 Å². The SMILES string of the molecule is Cc1ccc(C(=O)CCC(=O)Nc2ccc(C(=O)NCC(=O)O)cc2)cc1C. The summed E-state index contributed by atoms with van der Waals surface area (Å²) < 4.78 is 0. The first-order valence-electron chi connectivity index (χ1n) is 8.76. The molecule has 0 bridgehead atoms. The van der Waals surface area contributed by atoms with Crippen molar-refractivity contribution in [3.8, 4) is 0 Å². The number of carbonyl (C=O) groups is 4. The minimum Gasteiger partial charge on any atom is -0.480 e. The summed E-state index contributed by atoms with van der Waals surface area (Å²) in [5.41, 5.74) is 3.49. The maximum absolute atomic E-state index is 12.2. The van der Waals surface area contributed by atoms with Gasteiger partial charge in [0.15, 0.2) is 5.78 Å². The molecule has 2 amide bonds. The van der Waals surface area contributed by atoms with Crippen LogP contribution in [0.15, 0.2) is 42.5 Å². The van der Waals surface area contributed by atoms with E-state index in [0.717, 1.165) is 11.1 Å². The normalized spacial score (nSPS) is 10.2. The zero-order chi connectivity index (χ0) is 20.7. The molecule has 0 saturated carbocycles. The monoisotopic (exact) mass is 382 g/mol. The lowest BCUT2D eigenvalue weighted by atomic mass is 10.0. The van der Waals surface area contributed by atoms with Crippen molar-refractivity contribution in [2.45, 2.75) is 26.7 Å². The highest BCUT2D eigenvalue weighted by Crippen LogP contribution is 2.14. The molecule has 0 aliphatic heterocycles. The second kappa shape index (κ2) is 9.45. The number of carbonyl (C=O) groups excluding carboxylic acids is 3. The van der Waals surface area contributed by atoms with Gasteiger partial charge in [-0.3, -0.25) is 19.2 Å². The first-order chi connectivity index (χ1) is 13.3. The van der Waals surface area contributed by atoms with Crippen LogP contribution in [0, 0.1) is 13.8 Å². The summed E-state index contributed by atoms with van der Waals surface area (Å²) in [6, 6.07) is 11.5. The predicted octanol–water partition coefficient (Wildman–Crippen LogP) is 2.72. The Morgan fingerprint density at radius 1 is 0.857 bits per heavy atom. The molecule has 0 aromatic heterocycles. The molecule has 0 fully saturated rings. The van der Waals surface area contributed by atoms with Gasteiger partial charge in [-0.1, -0.05) is 12.1 Å². The van der Waals surface area contributed by atoms with Crippen LogP contribution >= 0.6 is 0 Å². The molecule has 2 aromatic rings. The molecule has 0 saturated heterocycles. The van der Waals surface area contributed by atoms with E-state index >= 15 is 0 Å². The standard InChI is InChI=1S/C21H22N2O5/c1-13-3-4-16(11-14(13)2)18(24)9-10-19(25)23-17-7-5-15(6-8-17)21(28)22-12-20(26)27/h3-8,11H,9-10,12H2,1-2H3,(H,22,28)(H,23,25)(H,26,27). The number of aryl methyl sites for hydroxylation is 2. The topological polar surface area (TPSA) is 113 Å². The highest BCUT2D eigenvalue weighted by Gasteiger charge is 2.11. The van der Waals surface area contributed by atoms with Crippen LogP contribution in [0.2, 0.25) is 0 Å². The second-order valence-electron chi connectivity index (χ2n) is 6.42. The number of nitrogens with one attached hydrogen (secondary N) is 2. The number of hydrogen-bond donors (Lipinski definition) is 3. The van der Waals surface area contributed by atoms with Gasteiger partial charge < -0.3 is 15.7 Å². The Labute approximate surface area is 162 Å². The van der Waals surface area contributed by atoms with Gasteiger partial charge in [0.25, 0.3) is 5.91 Å². The van der Waals surface area contributed by atoms with Crippen molar-refractivity contribution in [3.63, 3.8) is 0 Å². The summed E-state index contributed by atoms with van der Waals surface area (Å²) in [5, 5.41) is 13.5. The average molecular weight is 382 g/mol. The van der Waals surface area contributed by atoms with Gasteiger partial charge in [0.2, 0.25) is 5.91 Å². The zero-order valence-corrected chi connectivity index (χ0v) is 15.7. The Kier molecular flexibility index (Phi) is 7.03. The molecule has 0 aliphatic rings. The Hall–Kier alpha value is -3.48. The van der Waals surface area contributed by atoms with Gasteiger partial charge >= 0.3 is 5.97 Å². The first kappa shape index (κ1) is 20.8. The molecular formula is C21H22N2O5. The van der Waals surface area contributed by atoms with Crippen molar-refractivity contribution in [1.29, 1.82) is 0 Å². The van der Waals surface area contributed by atoms with Crippen LogP contribution in [0.5, 0.6) is 0 Å².